The summed E-state index contributed by atoms with van der Waals surface area (Å²) < 4.78 is 5.16. The second kappa shape index (κ2) is 5.31. The molecule has 1 aromatic carbocycles. The Balaban J connectivity index is 1.71. The predicted molar refractivity (Wildman–Crippen MR) is 78.9 cm³/mol. The first-order chi connectivity index (χ1) is 10.9. The molecular weight excluding hydrogens is 304 g/mol. The Kier molecular flexibility index (Phi) is 3.44. The Morgan fingerprint density at radius 3 is 2.22 bits per heavy atom. The van der Waals surface area contributed by atoms with Crippen LogP contribution in [0, 0.1) is 31.6 Å². The number of ether oxygens (including phenoxy) is 1. The number of nitro groups is 2. The summed E-state index contributed by atoms with van der Waals surface area (Å²) in [5, 5.41) is 21.6. The molecule has 8 nitrogen and oxygen atoms in total. The highest BCUT2D eigenvalue weighted by molar-refractivity contribution is 5.91. The van der Waals surface area contributed by atoms with Crippen LogP contribution in [0.15, 0.2) is 42.5 Å². The highest BCUT2D eigenvalue weighted by Gasteiger charge is 2.51. The number of carbonyl (C=O) groups excluding carboxylic acids is 1. The number of nitro benzene ring substituents is 2. The summed E-state index contributed by atoms with van der Waals surface area (Å²) in [4.78, 5) is 32.1. The van der Waals surface area contributed by atoms with E-state index < -0.39 is 27.2 Å². The first kappa shape index (κ1) is 14.9. The standard InChI is InChI=1S/C15H12N2O6/c18-14(23-9-11-8-15(11)3-1-2-4-15)10-5-12(16(19)20)7-13(6-10)17(21)22/h1-7,11H,8-9H2/t11-/m1/s1. The Hall–Kier alpha value is -3.03. The van der Waals surface area contributed by atoms with Crippen LogP contribution in [0.2, 0.25) is 0 Å². The highest BCUT2D eigenvalue weighted by Crippen LogP contribution is 2.56. The van der Waals surface area contributed by atoms with Crippen molar-refractivity contribution in [3.05, 3.63) is 68.3 Å². The van der Waals surface area contributed by atoms with Crippen molar-refractivity contribution in [2.75, 3.05) is 6.61 Å². The second-order valence-corrected chi connectivity index (χ2v) is 5.58. The van der Waals surface area contributed by atoms with Gasteiger partial charge in [0.15, 0.2) is 0 Å². The summed E-state index contributed by atoms with van der Waals surface area (Å²) in [7, 11) is 0. The molecule has 0 saturated heterocycles. The third-order valence-electron chi connectivity index (χ3n) is 4.10. The molecule has 2 aliphatic carbocycles. The van der Waals surface area contributed by atoms with E-state index in [2.05, 4.69) is 0 Å². The number of esters is 1. The molecule has 0 aliphatic heterocycles. The number of rotatable bonds is 5. The van der Waals surface area contributed by atoms with Gasteiger partial charge in [-0.25, -0.2) is 4.79 Å². The largest absolute Gasteiger partial charge is 0.462 e. The molecule has 0 aromatic heterocycles. The van der Waals surface area contributed by atoms with E-state index in [1.807, 2.05) is 24.3 Å². The molecule has 8 heteroatoms. The van der Waals surface area contributed by atoms with Gasteiger partial charge in [0.2, 0.25) is 0 Å². The van der Waals surface area contributed by atoms with Crippen molar-refractivity contribution in [1.29, 1.82) is 0 Å². The quantitative estimate of drug-likeness (QED) is 0.469. The van der Waals surface area contributed by atoms with Crippen LogP contribution in [-0.4, -0.2) is 22.4 Å². The SMILES string of the molecule is O=C(OC[C@H]1CC12C=CC=C2)c1cc([N+](=O)[O-])cc([N+](=O)[O-])c1. The summed E-state index contributed by atoms with van der Waals surface area (Å²) in [6.45, 7) is 0.171. The molecule has 0 amide bonds. The summed E-state index contributed by atoms with van der Waals surface area (Å²) in [6, 6.07) is 2.77. The smallest absolute Gasteiger partial charge is 0.338 e. The fourth-order valence-corrected chi connectivity index (χ4v) is 2.70. The summed E-state index contributed by atoms with van der Waals surface area (Å²) in [5.41, 5.74) is -1.26. The minimum Gasteiger partial charge on any atom is -0.462 e. The average molecular weight is 316 g/mol. The van der Waals surface area contributed by atoms with Crippen molar-refractivity contribution in [3.63, 3.8) is 0 Å². The molecule has 1 atom stereocenters. The summed E-state index contributed by atoms with van der Waals surface area (Å²) >= 11 is 0. The maximum absolute atomic E-state index is 12.0. The lowest BCUT2D eigenvalue weighted by molar-refractivity contribution is -0.394. The van der Waals surface area contributed by atoms with E-state index in [0.29, 0.717) is 0 Å². The Bertz CT molecular complexity index is 723. The van der Waals surface area contributed by atoms with E-state index in [-0.39, 0.29) is 23.5 Å². The van der Waals surface area contributed by atoms with E-state index in [1.54, 1.807) is 0 Å². The number of hydrogen-bond donors (Lipinski definition) is 0. The average Bonchev–Trinajstić information content (AvgIpc) is 2.97. The molecule has 0 heterocycles. The van der Waals surface area contributed by atoms with Crippen molar-refractivity contribution in [2.24, 2.45) is 11.3 Å². The van der Waals surface area contributed by atoms with Gasteiger partial charge in [-0.3, -0.25) is 20.2 Å². The molecule has 23 heavy (non-hydrogen) atoms. The zero-order valence-corrected chi connectivity index (χ0v) is 11.9. The topological polar surface area (TPSA) is 113 Å². The van der Waals surface area contributed by atoms with E-state index in [0.717, 1.165) is 24.6 Å². The van der Waals surface area contributed by atoms with Gasteiger partial charge in [0.1, 0.15) is 0 Å². The van der Waals surface area contributed by atoms with E-state index >= 15 is 0 Å². The Labute approximate surface area is 130 Å². The number of nitrogens with zero attached hydrogens (tertiary/aromatic N) is 2. The van der Waals surface area contributed by atoms with Crippen LogP contribution in [0.3, 0.4) is 0 Å². The van der Waals surface area contributed by atoms with Crippen molar-refractivity contribution in [3.8, 4) is 0 Å². The first-order valence-electron chi connectivity index (χ1n) is 6.89. The number of allylic oxidation sites excluding steroid dienone is 4. The van der Waals surface area contributed by atoms with E-state index in [4.69, 9.17) is 4.74 Å². The molecule has 0 unspecified atom stereocenters. The van der Waals surface area contributed by atoms with E-state index in [9.17, 15) is 25.0 Å². The van der Waals surface area contributed by atoms with Gasteiger partial charge in [0.25, 0.3) is 11.4 Å². The number of non-ortho nitro benzene ring substituents is 2. The summed E-state index contributed by atoms with van der Waals surface area (Å²) in [6.07, 6.45) is 8.84. The first-order valence-corrected chi connectivity index (χ1v) is 6.89. The Morgan fingerprint density at radius 2 is 1.70 bits per heavy atom. The lowest BCUT2D eigenvalue weighted by Crippen LogP contribution is -2.10. The van der Waals surface area contributed by atoms with Crippen LogP contribution in [0.25, 0.3) is 0 Å². The predicted octanol–water partition coefficient (Wildman–Crippen LogP) is 2.79. The van der Waals surface area contributed by atoms with Crippen molar-refractivity contribution >= 4 is 17.3 Å². The van der Waals surface area contributed by atoms with Gasteiger partial charge in [0.05, 0.1) is 28.1 Å². The fraction of sp³-hybridized carbons (Fsp3) is 0.267. The van der Waals surface area contributed by atoms with Gasteiger partial charge in [-0.05, 0) is 6.42 Å². The van der Waals surface area contributed by atoms with Crippen molar-refractivity contribution < 1.29 is 19.4 Å². The van der Waals surface area contributed by atoms with Gasteiger partial charge >= 0.3 is 5.97 Å². The summed E-state index contributed by atoms with van der Waals surface area (Å²) in [5.74, 6) is -0.625. The van der Waals surface area contributed by atoms with Gasteiger partial charge in [-0.1, -0.05) is 24.3 Å². The molecule has 1 aromatic rings. The van der Waals surface area contributed by atoms with Crippen LogP contribution in [0.4, 0.5) is 11.4 Å². The molecular formula is C15H12N2O6. The van der Waals surface area contributed by atoms with Crippen LogP contribution >= 0.6 is 0 Å². The molecule has 1 spiro atoms. The zero-order valence-electron chi connectivity index (χ0n) is 11.9. The molecule has 2 aliphatic rings. The second-order valence-electron chi connectivity index (χ2n) is 5.58. The minimum absolute atomic E-state index is 0.0328. The molecule has 0 N–H and O–H groups in total. The van der Waals surface area contributed by atoms with Gasteiger partial charge in [-0.15, -0.1) is 0 Å². The lowest BCUT2D eigenvalue weighted by Gasteiger charge is -2.06. The zero-order chi connectivity index (χ0) is 16.6. The number of carbonyl (C=O) groups is 1. The third-order valence-corrected chi connectivity index (χ3v) is 4.10. The van der Waals surface area contributed by atoms with Crippen molar-refractivity contribution in [2.45, 2.75) is 6.42 Å². The normalized spacial score (nSPS) is 19.7. The minimum atomic E-state index is -0.801. The van der Waals surface area contributed by atoms with Crippen molar-refractivity contribution in [1.82, 2.24) is 0 Å². The molecule has 0 radical (unpaired) electrons. The van der Waals surface area contributed by atoms with Crippen LogP contribution in [0.1, 0.15) is 16.8 Å². The molecule has 118 valence electrons. The fourth-order valence-electron chi connectivity index (χ4n) is 2.70. The monoisotopic (exact) mass is 316 g/mol. The third kappa shape index (κ3) is 2.83. The van der Waals surface area contributed by atoms with Crippen LogP contribution < -0.4 is 0 Å². The van der Waals surface area contributed by atoms with E-state index in [1.165, 1.54) is 0 Å². The highest BCUT2D eigenvalue weighted by atomic mass is 16.6. The van der Waals surface area contributed by atoms with Gasteiger partial charge in [0, 0.05) is 23.5 Å². The number of hydrogen-bond acceptors (Lipinski definition) is 6. The molecule has 1 fully saturated rings. The van der Waals surface area contributed by atoms with Crippen LogP contribution in [0.5, 0.6) is 0 Å². The van der Waals surface area contributed by atoms with Gasteiger partial charge in [-0.2, -0.15) is 0 Å². The lowest BCUT2D eigenvalue weighted by atomic mass is 10.1. The van der Waals surface area contributed by atoms with Gasteiger partial charge < -0.3 is 4.74 Å². The number of benzene rings is 1. The molecule has 3 rings (SSSR count). The molecule has 0 bridgehead atoms. The van der Waals surface area contributed by atoms with Crippen LogP contribution in [-0.2, 0) is 4.74 Å². The molecule has 1 saturated carbocycles. The maximum atomic E-state index is 12.0. The maximum Gasteiger partial charge on any atom is 0.338 e. The Morgan fingerprint density at radius 1 is 1.13 bits per heavy atom.